The maximum Gasteiger partial charge on any atom is 0.132 e. The lowest BCUT2D eigenvalue weighted by atomic mass is 10.1. The van der Waals surface area contributed by atoms with E-state index in [1.54, 1.807) is 6.07 Å². The first-order chi connectivity index (χ1) is 9.11. The Hall–Kier alpha value is -1.87. The van der Waals surface area contributed by atoms with Crippen molar-refractivity contribution in [2.75, 3.05) is 7.05 Å². The molecule has 0 aliphatic carbocycles. The molecular weight excluding hydrogens is 241 g/mol. The van der Waals surface area contributed by atoms with Gasteiger partial charge in [-0.25, -0.2) is 4.39 Å². The van der Waals surface area contributed by atoms with Crippen LogP contribution in [-0.2, 0) is 0 Å². The fourth-order valence-corrected chi connectivity index (χ4v) is 1.93. The molecule has 1 N–H and O–H groups in total. The van der Waals surface area contributed by atoms with Gasteiger partial charge in [0.15, 0.2) is 0 Å². The third-order valence-electron chi connectivity index (χ3n) is 3.18. The molecule has 0 radical (unpaired) electrons. The summed E-state index contributed by atoms with van der Waals surface area (Å²) in [7, 11) is 1.91. The summed E-state index contributed by atoms with van der Waals surface area (Å²) in [6.07, 6.45) is 0. The molecule has 100 valence electrons. The maximum absolute atomic E-state index is 13.1. The number of aryl methyl sites for hydroxylation is 1. The summed E-state index contributed by atoms with van der Waals surface area (Å²) in [6, 6.07) is 12.6. The van der Waals surface area contributed by atoms with Crippen LogP contribution in [0.4, 0.5) is 4.39 Å². The maximum atomic E-state index is 13.1. The molecule has 0 saturated carbocycles. The zero-order valence-electron chi connectivity index (χ0n) is 11.4. The fraction of sp³-hybridized carbons (Fsp3) is 0.250. The molecule has 2 aromatic carbocycles. The Kier molecular flexibility index (Phi) is 4.17. The molecule has 0 amide bonds. The topological polar surface area (TPSA) is 21.3 Å². The highest BCUT2D eigenvalue weighted by molar-refractivity contribution is 5.42. The van der Waals surface area contributed by atoms with E-state index in [2.05, 4.69) is 12.2 Å². The van der Waals surface area contributed by atoms with Crippen molar-refractivity contribution in [3.63, 3.8) is 0 Å². The van der Waals surface area contributed by atoms with Gasteiger partial charge in [0.1, 0.15) is 17.3 Å². The van der Waals surface area contributed by atoms with Gasteiger partial charge in [-0.05, 0) is 50.7 Å². The number of hydrogen-bond donors (Lipinski definition) is 1. The molecule has 2 aromatic rings. The lowest BCUT2D eigenvalue weighted by Gasteiger charge is -2.17. The first-order valence-electron chi connectivity index (χ1n) is 6.32. The Bertz CT molecular complexity index is 568. The molecule has 0 fully saturated rings. The van der Waals surface area contributed by atoms with Gasteiger partial charge in [0.25, 0.3) is 0 Å². The van der Waals surface area contributed by atoms with Crippen LogP contribution in [0.1, 0.15) is 24.1 Å². The Morgan fingerprint density at radius 3 is 2.53 bits per heavy atom. The molecule has 1 atom stereocenters. The van der Waals surface area contributed by atoms with Crippen LogP contribution in [0.5, 0.6) is 11.5 Å². The van der Waals surface area contributed by atoms with Gasteiger partial charge in [0.2, 0.25) is 0 Å². The zero-order valence-corrected chi connectivity index (χ0v) is 11.4. The number of para-hydroxylation sites is 1. The summed E-state index contributed by atoms with van der Waals surface area (Å²) < 4.78 is 19.0. The number of halogens is 1. The summed E-state index contributed by atoms with van der Waals surface area (Å²) >= 11 is 0. The molecule has 0 aromatic heterocycles. The lowest BCUT2D eigenvalue weighted by Crippen LogP contribution is -2.13. The zero-order chi connectivity index (χ0) is 13.8. The SMILES string of the molecule is CNC(C)c1ccccc1Oc1ccc(F)cc1C. The van der Waals surface area contributed by atoms with Crippen molar-refractivity contribution < 1.29 is 9.13 Å². The normalized spacial score (nSPS) is 12.2. The van der Waals surface area contributed by atoms with Crippen LogP contribution in [0.15, 0.2) is 42.5 Å². The Balaban J connectivity index is 2.33. The van der Waals surface area contributed by atoms with E-state index >= 15 is 0 Å². The van der Waals surface area contributed by atoms with Crippen LogP contribution in [0.2, 0.25) is 0 Å². The number of nitrogens with one attached hydrogen (secondary N) is 1. The van der Waals surface area contributed by atoms with Gasteiger partial charge in [-0.1, -0.05) is 18.2 Å². The van der Waals surface area contributed by atoms with Crippen molar-refractivity contribution in [1.29, 1.82) is 0 Å². The van der Waals surface area contributed by atoms with Gasteiger partial charge in [0, 0.05) is 11.6 Å². The third kappa shape index (κ3) is 3.12. The van der Waals surface area contributed by atoms with E-state index in [4.69, 9.17) is 4.74 Å². The van der Waals surface area contributed by atoms with Gasteiger partial charge >= 0.3 is 0 Å². The molecular formula is C16H18FNO. The quantitative estimate of drug-likeness (QED) is 0.888. The average molecular weight is 259 g/mol. The molecule has 0 spiro atoms. The van der Waals surface area contributed by atoms with Crippen LogP contribution in [0.3, 0.4) is 0 Å². The highest BCUT2D eigenvalue weighted by Gasteiger charge is 2.11. The van der Waals surface area contributed by atoms with Gasteiger partial charge in [0.05, 0.1) is 0 Å². The van der Waals surface area contributed by atoms with E-state index in [-0.39, 0.29) is 11.9 Å². The fourth-order valence-electron chi connectivity index (χ4n) is 1.93. The van der Waals surface area contributed by atoms with E-state index in [9.17, 15) is 4.39 Å². The molecule has 2 rings (SSSR count). The van der Waals surface area contributed by atoms with Crippen molar-refractivity contribution in [3.8, 4) is 11.5 Å². The molecule has 19 heavy (non-hydrogen) atoms. The van der Waals surface area contributed by atoms with Crippen molar-refractivity contribution >= 4 is 0 Å². The molecule has 0 bridgehead atoms. The minimum atomic E-state index is -0.248. The second-order valence-corrected chi connectivity index (χ2v) is 4.56. The Morgan fingerprint density at radius 2 is 1.84 bits per heavy atom. The summed E-state index contributed by atoms with van der Waals surface area (Å²) in [4.78, 5) is 0. The third-order valence-corrected chi connectivity index (χ3v) is 3.18. The second kappa shape index (κ2) is 5.85. The summed E-state index contributed by atoms with van der Waals surface area (Å²) in [6.45, 7) is 3.90. The Labute approximate surface area is 113 Å². The van der Waals surface area contributed by atoms with Crippen molar-refractivity contribution in [3.05, 3.63) is 59.4 Å². The van der Waals surface area contributed by atoms with Crippen LogP contribution in [0.25, 0.3) is 0 Å². The smallest absolute Gasteiger partial charge is 0.132 e. The van der Waals surface area contributed by atoms with E-state index in [1.807, 2.05) is 38.2 Å². The minimum Gasteiger partial charge on any atom is -0.457 e. The van der Waals surface area contributed by atoms with Crippen LogP contribution in [0, 0.1) is 12.7 Å². The molecule has 0 aliphatic rings. The lowest BCUT2D eigenvalue weighted by molar-refractivity contribution is 0.461. The van der Waals surface area contributed by atoms with Crippen molar-refractivity contribution in [2.24, 2.45) is 0 Å². The van der Waals surface area contributed by atoms with Crippen molar-refractivity contribution in [1.82, 2.24) is 5.32 Å². The van der Waals surface area contributed by atoms with Gasteiger partial charge in [-0.2, -0.15) is 0 Å². The molecule has 0 saturated heterocycles. The minimum absolute atomic E-state index is 0.192. The van der Waals surface area contributed by atoms with Gasteiger partial charge < -0.3 is 10.1 Å². The first kappa shape index (κ1) is 13.6. The Morgan fingerprint density at radius 1 is 1.11 bits per heavy atom. The molecule has 0 aliphatic heterocycles. The number of benzene rings is 2. The average Bonchev–Trinajstić information content (AvgIpc) is 2.41. The standard InChI is InChI=1S/C16H18FNO/c1-11-10-13(17)8-9-15(11)19-16-7-5-4-6-14(16)12(2)18-3/h4-10,12,18H,1-3H3. The molecule has 0 heterocycles. The first-order valence-corrected chi connectivity index (χ1v) is 6.32. The van der Waals surface area contributed by atoms with Crippen LogP contribution >= 0.6 is 0 Å². The summed E-state index contributed by atoms with van der Waals surface area (Å²) in [5.74, 6) is 1.22. The largest absolute Gasteiger partial charge is 0.457 e. The summed E-state index contributed by atoms with van der Waals surface area (Å²) in [5, 5.41) is 3.19. The highest BCUT2D eigenvalue weighted by atomic mass is 19.1. The van der Waals surface area contributed by atoms with E-state index < -0.39 is 0 Å². The van der Waals surface area contributed by atoms with Gasteiger partial charge in [-0.15, -0.1) is 0 Å². The number of ether oxygens (including phenoxy) is 1. The highest BCUT2D eigenvalue weighted by Crippen LogP contribution is 2.31. The molecule has 1 unspecified atom stereocenters. The number of hydrogen-bond acceptors (Lipinski definition) is 2. The van der Waals surface area contributed by atoms with Crippen LogP contribution in [-0.4, -0.2) is 7.05 Å². The van der Waals surface area contributed by atoms with E-state index in [0.717, 1.165) is 16.9 Å². The van der Waals surface area contributed by atoms with Gasteiger partial charge in [-0.3, -0.25) is 0 Å². The summed E-state index contributed by atoms with van der Waals surface area (Å²) in [5.41, 5.74) is 1.86. The van der Waals surface area contributed by atoms with E-state index in [1.165, 1.54) is 12.1 Å². The van der Waals surface area contributed by atoms with Crippen LogP contribution < -0.4 is 10.1 Å². The predicted octanol–water partition coefficient (Wildman–Crippen LogP) is 4.21. The predicted molar refractivity (Wildman–Crippen MR) is 75.1 cm³/mol. The van der Waals surface area contributed by atoms with E-state index in [0.29, 0.717) is 5.75 Å². The molecule has 3 heteroatoms. The monoisotopic (exact) mass is 259 g/mol. The second-order valence-electron chi connectivity index (χ2n) is 4.56. The number of rotatable bonds is 4. The van der Waals surface area contributed by atoms with Crippen molar-refractivity contribution in [2.45, 2.75) is 19.9 Å². The molecule has 2 nitrogen and oxygen atoms in total.